The van der Waals surface area contributed by atoms with E-state index in [4.69, 9.17) is 28.9 Å². The third-order valence-electron chi connectivity index (χ3n) is 3.97. The van der Waals surface area contributed by atoms with E-state index in [1.807, 2.05) is 12.1 Å². The van der Waals surface area contributed by atoms with Crippen molar-refractivity contribution in [2.45, 2.75) is 44.6 Å². The third-order valence-corrected chi connectivity index (χ3v) is 4.80. The zero-order valence-corrected chi connectivity index (χ0v) is 11.6. The molecule has 0 amide bonds. The van der Waals surface area contributed by atoms with Crippen molar-refractivity contribution in [1.82, 2.24) is 0 Å². The van der Waals surface area contributed by atoms with E-state index in [1.165, 1.54) is 12.8 Å². The van der Waals surface area contributed by atoms with Gasteiger partial charge in [0.1, 0.15) is 0 Å². The largest absolute Gasteiger partial charge is 0.327 e. The van der Waals surface area contributed by atoms with E-state index in [9.17, 15) is 0 Å². The molecule has 0 spiro atoms. The van der Waals surface area contributed by atoms with Crippen LogP contribution in [0.25, 0.3) is 0 Å². The fraction of sp³-hybridized carbons (Fsp3) is 0.571. The number of hydrogen-bond donors (Lipinski definition) is 1. The van der Waals surface area contributed by atoms with Crippen molar-refractivity contribution < 1.29 is 0 Å². The van der Waals surface area contributed by atoms with Crippen molar-refractivity contribution in [2.75, 3.05) is 0 Å². The fourth-order valence-corrected chi connectivity index (χ4v) is 3.26. The van der Waals surface area contributed by atoms with Gasteiger partial charge in [0.05, 0.1) is 10.0 Å². The number of nitrogens with two attached hydrogens (primary N) is 1. The van der Waals surface area contributed by atoms with Crippen LogP contribution in [0.2, 0.25) is 10.0 Å². The molecule has 0 saturated heterocycles. The van der Waals surface area contributed by atoms with Crippen molar-refractivity contribution in [3.8, 4) is 0 Å². The van der Waals surface area contributed by atoms with Crippen LogP contribution in [-0.2, 0) is 0 Å². The molecule has 0 heterocycles. The minimum atomic E-state index is 0.216. The van der Waals surface area contributed by atoms with Gasteiger partial charge in [0.15, 0.2) is 0 Å². The van der Waals surface area contributed by atoms with Gasteiger partial charge in [0, 0.05) is 12.0 Å². The molecule has 3 unspecified atom stereocenters. The SMILES string of the molecule is CCC1CCC(N)C(c2cccc(Cl)c2Cl)C1. The predicted octanol–water partition coefficient (Wildman–Crippen LogP) is 4.61. The molecule has 0 aromatic heterocycles. The average Bonchev–Trinajstić information content (AvgIpc) is 2.34. The zero-order valence-electron chi connectivity index (χ0n) is 10.1. The van der Waals surface area contributed by atoms with Gasteiger partial charge in [-0.15, -0.1) is 0 Å². The summed E-state index contributed by atoms with van der Waals surface area (Å²) in [6.45, 7) is 2.25. The lowest BCUT2D eigenvalue weighted by Crippen LogP contribution is -2.34. The molecule has 2 rings (SSSR count). The molecule has 1 fully saturated rings. The van der Waals surface area contributed by atoms with E-state index < -0.39 is 0 Å². The summed E-state index contributed by atoms with van der Waals surface area (Å²) >= 11 is 12.4. The first-order chi connectivity index (χ1) is 8.13. The molecule has 94 valence electrons. The van der Waals surface area contributed by atoms with E-state index >= 15 is 0 Å². The standard InChI is InChI=1S/C14H19Cl2N/c1-2-9-6-7-13(17)11(8-9)10-4-3-5-12(15)14(10)16/h3-5,9,11,13H,2,6-8,17H2,1H3. The zero-order chi connectivity index (χ0) is 12.4. The number of hydrogen-bond acceptors (Lipinski definition) is 1. The second kappa shape index (κ2) is 5.60. The summed E-state index contributed by atoms with van der Waals surface area (Å²) < 4.78 is 0. The maximum absolute atomic E-state index is 6.30. The summed E-state index contributed by atoms with van der Waals surface area (Å²) in [5.41, 5.74) is 7.37. The van der Waals surface area contributed by atoms with E-state index in [1.54, 1.807) is 0 Å². The lowest BCUT2D eigenvalue weighted by Gasteiger charge is -2.34. The highest BCUT2D eigenvalue weighted by Crippen LogP contribution is 2.41. The molecule has 1 aliphatic rings. The van der Waals surface area contributed by atoms with Crippen LogP contribution in [0.15, 0.2) is 18.2 Å². The highest BCUT2D eigenvalue weighted by atomic mass is 35.5. The molecular weight excluding hydrogens is 253 g/mol. The number of benzene rings is 1. The van der Waals surface area contributed by atoms with Crippen molar-refractivity contribution in [2.24, 2.45) is 11.7 Å². The van der Waals surface area contributed by atoms with E-state index in [2.05, 4.69) is 13.0 Å². The normalized spacial score (nSPS) is 29.3. The maximum atomic E-state index is 6.30. The second-order valence-corrected chi connectivity index (χ2v) is 5.79. The summed E-state index contributed by atoms with van der Waals surface area (Å²) in [6, 6.07) is 6.08. The Bertz CT molecular complexity index is 392. The quantitative estimate of drug-likeness (QED) is 0.835. The second-order valence-electron chi connectivity index (χ2n) is 5.00. The molecule has 1 aliphatic carbocycles. The van der Waals surface area contributed by atoms with E-state index in [0.717, 1.165) is 24.3 Å². The van der Waals surface area contributed by atoms with Crippen LogP contribution in [0.5, 0.6) is 0 Å². The van der Waals surface area contributed by atoms with Crippen LogP contribution in [0.1, 0.15) is 44.1 Å². The Labute approximate surface area is 113 Å². The smallest absolute Gasteiger partial charge is 0.0627 e. The predicted molar refractivity (Wildman–Crippen MR) is 74.8 cm³/mol. The lowest BCUT2D eigenvalue weighted by atomic mass is 9.74. The Morgan fingerprint density at radius 3 is 2.76 bits per heavy atom. The fourth-order valence-electron chi connectivity index (χ4n) is 2.82. The van der Waals surface area contributed by atoms with Crippen molar-refractivity contribution >= 4 is 23.2 Å². The first-order valence-electron chi connectivity index (χ1n) is 6.33. The van der Waals surface area contributed by atoms with Crippen LogP contribution in [0, 0.1) is 5.92 Å². The summed E-state index contributed by atoms with van der Waals surface area (Å²) in [7, 11) is 0. The molecule has 3 atom stereocenters. The van der Waals surface area contributed by atoms with Gasteiger partial charge in [-0.25, -0.2) is 0 Å². The first-order valence-corrected chi connectivity index (χ1v) is 7.08. The Hall–Kier alpha value is -0.240. The molecule has 3 heteroatoms. The molecule has 1 saturated carbocycles. The summed E-state index contributed by atoms with van der Waals surface area (Å²) in [5, 5.41) is 1.32. The topological polar surface area (TPSA) is 26.0 Å². The van der Waals surface area contributed by atoms with Crippen LogP contribution >= 0.6 is 23.2 Å². The van der Waals surface area contributed by atoms with Gasteiger partial charge in [0.2, 0.25) is 0 Å². The Kier molecular flexibility index (Phi) is 4.35. The maximum Gasteiger partial charge on any atom is 0.0627 e. The third kappa shape index (κ3) is 2.78. The molecule has 2 N–H and O–H groups in total. The van der Waals surface area contributed by atoms with Crippen LogP contribution in [0.3, 0.4) is 0 Å². The van der Waals surface area contributed by atoms with Gasteiger partial charge < -0.3 is 5.73 Å². The average molecular weight is 272 g/mol. The Balaban J connectivity index is 2.27. The molecule has 0 aliphatic heterocycles. The lowest BCUT2D eigenvalue weighted by molar-refractivity contribution is 0.282. The van der Waals surface area contributed by atoms with Gasteiger partial charge in [-0.3, -0.25) is 0 Å². The monoisotopic (exact) mass is 271 g/mol. The number of rotatable bonds is 2. The molecule has 0 bridgehead atoms. The molecule has 1 aromatic carbocycles. The van der Waals surface area contributed by atoms with Crippen molar-refractivity contribution in [3.05, 3.63) is 33.8 Å². The van der Waals surface area contributed by atoms with Gasteiger partial charge in [-0.2, -0.15) is 0 Å². The number of halogens is 2. The molecule has 17 heavy (non-hydrogen) atoms. The summed E-state index contributed by atoms with van der Waals surface area (Å²) in [5.74, 6) is 1.13. The Morgan fingerprint density at radius 2 is 2.06 bits per heavy atom. The summed E-state index contributed by atoms with van der Waals surface area (Å²) in [4.78, 5) is 0. The van der Waals surface area contributed by atoms with Crippen LogP contribution in [-0.4, -0.2) is 6.04 Å². The first kappa shape index (κ1) is 13.2. The summed E-state index contributed by atoms with van der Waals surface area (Å²) in [6.07, 6.45) is 4.69. The van der Waals surface area contributed by atoms with Crippen molar-refractivity contribution in [1.29, 1.82) is 0 Å². The molecule has 1 aromatic rings. The van der Waals surface area contributed by atoms with Gasteiger partial charge in [0.25, 0.3) is 0 Å². The highest BCUT2D eigenvalue weighted by molar-refractivity contribution is 6.42. The minimum Gasteiger partial charge on any atom is -0.327 e. The Morgan fingerprint density at radius 1 is 1.29 bits per heavy atom. The molecule has 0 radical (unpaired) electrons. The van der Waals surface area contributed by atoms with Gasteiger partial charge in [-0.05, 0) is 36.8 Å². The highest BCUT2D eigenvalue weighted by Gasteiger charge is 2.30. The van der Waals surface area contributed by atoms with Crippen LogP contribution < -0.4 is 5.73 Å². The van der Waals surface area contributed by atoms with Crippen LogP contribution in [0.4, 0.5) is 0 Å². The molecule has 1 nitrogen and oxygen atoms in total. The molecular formula is C14H19Cl2N. The minimum absolute atomic E-state index is 0.216. The van der Waals surface area contributed by atoms with Gasteiger partial charge >= 0.3 is 0 Å². The van der Waals surface area contributed by atoms with Gasteiger partial charge in [-0.1, -0.05) is 48.7 Å². The van der Waals surface area contributed by atoms with E-state index in [-0.39, 0.29) is 6.04 Å². The van der Waals surface area contributed by atoms with Crippen molar-refractivity contribution in [3.63, 3.8) is 0 Å². The van der Waals surface area contributed by atoms with E-state index in [0.29, 0.717) is 16.0 Å².